The number of amides is 1. The van der Waals surface area contributed by atoms with Gasteiger partial charge < -0.3 is 24.4 Å². The van der Waals surface area contributed by atoms with Crippen molar-refractivity contribution >= 4 is 12.0 Å². The second-order valence-electron chi connectivity index (χ2n) is 6.52. The van der Waals surface area contributed by atoms with Crippen molar-refractivity contribution in [1.29, 1.82) is 0 Å². The van der Waals surface area contributed by atoms with Gasteiger partial charge >= 0.3 is 0 Å². The van der Waals surface area contributed by atoms with Gasteiger partial charge in [0, 0.05) is 24.3 Å². The molecule has 6 heteroatoms. The zero-order valence-electron chi connectivity index (χ0n) is 17.1. The van der Waals surface area contributed by atoms with E-state index >= 15 is 0 Å². The minimum absolute atomic E-state index is 0.111. The van der Waals surface area contributed by atoms with Crippen molar-refractivity contribution in [2.75, 3.05) is 42.0 Å². The van der Waals surface area contributed by atoms with E-state index in [-0.39, 0.29) is 11.9 Å². The van der Waals surface area contributed by atoms with Gasteiger partial charge in [-0.1, -0.05) is 30.3 Å². The molecule has 0 aliphatic rings. The molecule has 28 heavy (non-hydrogen) atoms. The van der Waals surface area contributed by atoms with Crippen LogP contribution in [0.4, 0.5) is 0 Å². The second-order valence-corrected chi connectivity index (χ2v) is 6.52. The van der Waals surface area contributed by atoms with E-state index in [1.807, 2.05) is 49.3 Å². The van der Waals surface area contributed by atoms with E-state index in [2.05, 4.69) is 5.32 Å². The predicted molar refractivity (Wildman–Crippen MR) is 111 cm³/mol. The smallest absolute Gasteiger partial charge is 0.244 e. The Labute approximate surface area is 166 Å². The summed E-state index contributed by atoms with van der Waals surface area (Å²) < 4.78 is 16.0. The first kappa shape index (κ1) is 21.3. The SMILES string of the molecule is COc1cc(OC)c(OC)cc1/C=C/C(=O)N[C@H](CN(C)C)c1ccccc1. The lowest BCUT2D eigenvalue weighted by atomic mass is 10.1. The maximum atomic E-state index is 12.5. The highest BCUT2D eigenvalue weighted by Crippen LogP contribution is 2.35. The minimum Gasteiger partial charge on any atom is -0.496 e. The summed E-state index contributed by atoms with van der Waals surface area (Å²) in [6.07, 6.45) is 3.20. The fourth-order valence-electron chi connectivity index (χ4n) is 2.85. The topological polar surface area (TPSA) is 60.0 Å². The Balaban J connectivity index is 2.19. The van der Waals surface area contributed by atoms with Crippen LogP contribution in [0.3, 0.4) is 0 Å². The van der Waals surface area contributed by atoms with Gasteiger partial charge in [0.1, 0.15) is 5.75 Å². The molecule has 0 spiro atoms. The Hall–Kier alpha value is -2.99. The Bertz CT molecular complexity index is 804. The average molecular weight is 384 g/mol. The first-order valence-corrected chi connectivity index (χ1v) is 8.96. The normalized spacial score (nSPS) is 12.1. The first-order valence-electron chi connectivity index (χ1n) is 8.96. The molecule has 0 heterocycles. The molecule has 2 aromatic carbocycles. The van der Waals surface area contributed by atoms with Crippen molar-refractivity contribution in [3.05, 3.63) is 59.7 Å². The summed E-state index contributed by atoms with van der Waals surface area (Å²) in [6, 6.07) is 13.3. The number of nitrogens with zero attached hydrogens (tertiary/aromatic N) is 1. The minimum atomic E-state index is -0.187. The number of carbonyl (C=O) groups is 1. The summed E-state index contributed by atoms with van der Waals surface area (Å²) in [5, 5.41) is 3.06. The van der Waals surface area contributed by atoms with Crippen LogP contribution in [0.5, 0.6) is 17.2 Å². The van der Waals surface area contributed by atoms with Crippen molar-refractivity contribution in [1.82, 2.24) is 10.2 Å². The molecule has 0 saturated heterocycles. The van der Waals surface area contributed by atoms with Crippen LogP contribution in [0.1, 0.15) is 17.2 Å². The summed E-state index contributed by atoms with van der Waals surface area (Å²) in [5.41, 5.74) is 1.78. The number of nitrogens with one attached hydrogen (secondary N) is 1. The van der Waals surface area contributed by atoms with Gasteiger partial charge in [0.25, 0.3) is 0 Å². The number of benzene rings is 2. The number of rotatable bonds is 9. The Kier molecular flexibility index (Phi) is 7.89. The fraction of sp³-hybridized carbons (Fsp3) is 0.318. The van der Waals surface area contributed by atoms with Gasteiger partial charge in [0.15, 0.2) is 11.5 Å². The van der Waals surface area contributed by atoms with E-state index < -0.39 is 0 Å². The lowest BCUT2D eigenvalue weighted by Crippen LogP contribution is -2.34. The van der Waals surface area contributed by atoms with Crippen LogP contribution in [0.15, 0.2) is 48.5 Å². The molecule has 1 N–H and O–H groups in total. The summed E-state index contributed by atoms with van der Waals surface area (Å²) in [6.45, 7) is 0.698. The molecule has 150 valence electrons. The Morgan fingerprint density at radius 1 is 1.00 bits per heavy atom. The molecular formula is C22H28N2O4. The molecule has 6 nitrogen and oxygen atoms in total. The molecule has 0 aliphatic carbocycles. The fourth-order valence-corrected chi connectivity index (χ4v) is 2.85. The monoisotopic (exact) mass is 384 g/mol. The predicted octanol–water partition coefficient (Wildman–Crippen LogP) is 3.14. The van der Waals surface area contributed by atoms with Crippen LogP contribution in [-0.2, 0) is 4.79 Å². The van der Waals surface area contributed by atoms with E-state index in [0.717, 1.165) is 11.1 Å². The molecule has 0 bridgehead atoms. The van der Waals surface area contributed by atoms with E-state index in [1.54, 1.807) is 39.5 Å². The van der Waals surface area contributed by atoms with E-state index in [0.29, 0.717) is 23.8 Å². The Morgan fingerprint density at radius 3 is 2.18 bits per heavy atom. The first-order chi connectivity index (χ1) is 13.5. The third-order valence-corrected chi connectivity index (χ3v) is 4.22. The van der Waals surface area contributed by atoms with Crippen molar-refractivity contribution in [3.8, 4) is 17.2 Å². The van der Waals surface area contributed by atoms with Crippen LogP contribution in [0.25, 0.3) is 6.08 Å². The van der Waals surface area contributed by atoms with Crippen LogP contribution < -0.4 is 19.5 Å². The van der Waals surface area contributed by atoms with Crippen molar-refractivity contribution < 1.29 is 19.0 Å². The molecular weight excluding hydrogens is 356 g/mol. The van der Waals surface area contributed by atoms with Gasteiger partial charge in [-0.15, -0.1) is 0 Å². The third kappa shape index (κ3) is 5.76. The third-order valence-electron chi connectivity index (χ3n) is 4.22. The highest BCUT2D eigenvalue weighted by molar-refractivity contribution is 5.92. The molecule has 0 unspecified atom stereocenters. The lowest BCUT2D eigenvalue weighted by Gasteiger charge is -2.22. The molecule has 0 aliphatic heterocycles. The van der Waals surface area contributed by atoms with Gasteiger partial charge in [-0.2, -0.15) is 0 Å². The van der Waals surface area contributed by atoms with Crippen LogP contribution in [-0.4, -0.2) is 52.8 Å². The number of methoxy groups -OCH3 is 3. The van der Waals surface area contributed by atoms with E-state index in [4.69, 9.17) is 14.2 Å². The lowest BCUT2D eigenvalue weighted by molar-refractivity contribution is -0.117. The van der Waals surface area contributed by atoms with Crippen LogP contribution in [0.2, 0.25) is 0 Å². The van der Waals surface area contributed by atoms with Gasteiger partial charge in [-0.25, -0.2) is 0 Å². The molecule has 2 rings (SSSR count). The Morgan fingerprint density at radius 2 is 1.61 bits per heavy atom. The quantitative estimate of drug-likeness (QED) is 0.673. The molecule has 1 atom stereocenters. The molecule has 0 radical (unpaired) electrons. The molecule has 1 amide bonds. The van der Waals surface area contributed by atoms with Crippen LogP contribution in [0, 0.1) is 0 Å². The van der Waals surface area contributed by atoms with E-state index in [1.165, 1.54) is 6.08 Å². The van der Waals surface area contributed by atoms with Gasteiger partial charge in [-0.3, -0.25) is 4.79 Å². The number of hydrogen-bond donors (Lipinski definition) is 1. The average Bonchev–Trinajstić information content (AvgIpc) is 2.71. The zero-order valence-corrected chi connectivity index (χ0v) is 17.1. The summed E-state index contributed by atoms with van der Waals surface area (Å²) in [7, 11) is 8.66. The number of ether oxygens (including phenoxy) is 3. The number of carbonyl (C=O) groups excluding carboxylic acids is 1. The maximum absolute atomic E-state index is 12.5. The van der Waals surface area contributed by atoms with Crippen LogP contribution >= 0.6 is 0 Å². The van der Waals surface area contributed by atoms with Gasteiger partial charge in [0.05, 0.1) is 27.4 Å². The second kappa shape index (κ2) is 10.4. The standard InChI is InChI=1S/C22H28N2O4/c1-24(2)15-18(16-9-7-6-8-10-16)23-22(25)12-11-17-13-20(27-4)21(28-5)14-19(17)26-3/h6-14,18H,15H2,1-5H3,(H,23,25)/b12-11+/t18-/m1/s1. The highest BCUT2D eigenvalue weighted by Gasteiger charge is 2.15. The molecule has 0 saturated carbocycles. The van der Waals surface area contributed by atoms with Crippen molar-refractivity contribution in [3.63, 3.8) is 0 Å². The summed E-state index contributed by atoms with van der Waals surface area (Å²) >= 11 is 0. The summed E-state index contributed by atoms with van der Waals surface area (Å²) in [5.74, 6) is 1.54. The van der Waals surface area contributed by atoms with Crippen molar-refractivity contribution in [2.24, 2.45) is 0 Å². The van der Waals surface area contributed by atoms with Gasteiger partial charge in [-0.05, 0) is 31.8 Å². The van der Waals surface area contributed by atoms with E-state index in [9.17, 15) is 4.79 Å². The maximum Gasteiger partial charge on any atom is 0.244 e. The number of likely N-dealkylation sites (N-methyl/N-ethyl adjacent to an activating group) is 1. The number of hydrogen-bond acceptors (Lipinski definition) is 5. The molecule has 0 fully saturated rings. The largest absolute Gasteiger partial charge is 0.496 e. The van der Waals surface area contributed by atoms with Gasteiger partial charge in [0.2, 0.25) is 5.91 Å². The molecule has 0 aromatic heterocycles. The summed E-state index contributed by atoms with van der Waals surface area (Å²) in [4.78, 5) is 14.6. The molecule has 2 aromatic rings. The highest BCUT2D eigenvalue weighted by atomic mass is 16.5. The zero-order chi connectivity index (χ0) is 20.5. The van der Waals surface area contributed by atoms with Crippen molar-refractivity contribution in [2.45, 2.75) is 6.04 Å².